The van der Waals surface area contributed by atoms with Crippen LogP contribution in [-0.2, 0) is 0 Å². The van der Waals surface area contributed by atoms with Gasteiger partial charge < -0.3 is 5.73 Å². The third kappa shape index (κ3) is 3.66. The smallest absolute Gasteiger partial charge is 0.110 e. The van der Waals surface area contributed by atoms with Gasteiger partial charge in [0.05, 0.1) is 11.1 Å². The number of aromatic nitrogens is 1. The minimum atomic E-state index is -0.792. The van der Waals surface area contributed by atoms with Crippen LogP contribution in [0.2, 0.25) is 0 Å². The van der Waals surface area contributed by atoms with Crippen LogP contribution in [0.1, 0.15) is 6.92 Å². The molecule has 0 saturated heterocycles. The molecule has 0 aliphatic heterocycles. The van der Waals surface area contributed by atoms with E-state index in [9.17, 15) is 0 Å². The van der Waals surface area contributed by atoms with Crippen molar-refractivity contribution in [1.29, 1.82) is 5.26 Å². The van der Waals surface area contributed by atoms with E-state index in [-0.39, 0.29) is 0 Å². The zero-order chi connectivity index (χ0) is 10.6. The Morgan fingerprint density at radius 1 is 1.71 bits per heavy atom. The molecule has 1 aromatic heterocycles. The zero-order valence-corrected chi connectivity index (χ0v) is 10.1. The summed E-state index contributed by atoms with van der Waals surface area (Å²) in [5.74, 6) is 0.540. The highest BCUT2D eigenvalue weighted by atomic mass is 79.9. The van der Waals surface area contributed by atoms with Crippen LogP contribution >= 0.6 is 27.7 Å². The molecule has 74 valence electrons. The largest absolute Gasteiger partial charge is 0.313 e. The first-order valence-corrected chi connectivity index (χ1v) is 5.76. The normalized spacial score (nSPS) is 14.4. The molecule has 1 unspecified atom stereocenters. The third-order valence-electron chi connectivity index (χ3n) is 1.48. The average molecular weight is 272 g/mol. The van der Waals surface area contributed by atoms with E-state index in [0.717, 1.165) is 9.50 Å². The number of pyridine rings is 1. The van der Waals surface area contributed by atoms with Gasteiger partial charge in [-0.1, -0.05) is 0 Å². The van der Waals surface area contributed by atoms with E-state index in [1.54, 1.807) is 13.1 Å². The fourth-order valence-corrected chi connectivity index (χ4v) is 1.74. The lowest BCUT2D eigenvalue weighted by molar-refractivity contribution is 0.681. The topological polar surface area (TPSA) is 62.7 Å². The quantitative estimate of drug-likeness (QED) is 0.856. The maximum atomic E-state index is 8.70. The predicted octanol–water partition coefficient (Wildman–Crippen LogP) is 2.18. The Morgan fingerprint density at radius 2 is 2.43 bits per heavy atom. The minimum Gasteiger partial charge on any atom is -0.313 e. The van der Waals surface area contributed by atoms with E-state index in [0.29, 0.717) is 5.75 Å². The molecule has 1 heterocycles. The summed E-state index contributed by atoms with van der Waals surface area (Å²) in [5.41, 5.74) is 4.88. The highest BCUT2D eigenvalue weighted by Crippen LogP contribution is 2.20. The standard InChI is InChI=1S/C9H10BrN3S/c1-9(12,5-11)6-14-8-3-2-7(10)4-13-8/h2-4H,6,12H2,1H3. The molecule has 1 atom stereocenters. The van der Waals surface area contributed by atoms with Crippen LogP contribution in [0.3, 0.4) is 0 Å². The third-order valence-corrected chi connectivity index (χ3v) is 3.23. The molecular formula is C9H10BrN3S. The first-order chi connectivity index (χ1) is 6.53. The summed E-state index contributed by atoms with van der Waals surface area (Å²) in [6, 6.07) is 5.85. The van der Waals surface area contributed by atoms with Crippen LogP contribution in [0, 0.1) is 11.3 Å². The van der Waals surface area contributed by atoms with Crippen molar-refractivity contribution in [1.82, 2.24) is 4.98 Å². The van der Waals surface area contributed by atoms with Crippen molar-refractivity contribution in [2.45, 2.75) is 17.5 Å². The van der Waals surface area contributed by atoms with Crippen molar-refractivity contribution in [3.63, 3.8) is 0 Å². The highest BCUT2D eigenvalue weighted by molar-refractivity contribution is 9.10. The maximum Gasteiger partial charge on any atom is 0.110 e. The molecule has 0 aliphatic rings. The maximum absolute atomic E-state index is 8.70. The summed E-state index contributed by atoms with van der Waals surface area (Å²) in [7, 11) is 0. The van der Waals surface area contributed by atoms with E-state index in [1.165, 1.54) is 11.8 Å². The predicted molar refractivity (Wildman–Crippen MR) is 60.9 cm³/mol. The lowest BCUT2D eigenvalue weighted by Gasteiger charge is -2.13. The number of hydrogen-bond donors (Lipinski definition) is 1. The molecule has 2 N–H and O–H groups in total. The molecule has 1 aromatic rings. The van der Waals surface area contributed by atoms with Crippen molar-refractivity contribution in [3.8, 4) is 6.07 Å². The second kappa shape index (κ2) is 4.78. The van der Waals surface area contributed by atoms with E-state index >= 15 is 0 Å². The van der Waals surface area contributed by atoms with Gasteiger partial charge in [0.1, 0.15) is 5.54 Å². The van der Waals surface area contributed by atoms with Gasteiger partial charge in [-0.3, -0.25) is 0 Å². The fourth-order valence-electron chi connectivity index (χ4n) is 0.704. The molecule has 0 spiro atoms. The van der Waals surface area contributed by atoms with Crippen molar-refractivity contribution in [2.75, 3.05) is 5.75 Å². The Labute approximate surface area is 95.8 Å². The van der Waals surface area contributed by atoms with Gasteiger partial charge in [-0.2, -0.15) is 5.26 Å². The van der Waals surface area contributed by atoms with Gasteiger partial charge in [0.2, 0.25) is 0 Å². The summed E-state index contributed by atoms with van der Waals surface area (Å²) in [5, 5.41) is 9.58. The van der Waals surface area contributed by atoms with Gasteiger partial charge in [0.25, 0.3) is 0 Å². The first kappa shape index (κ1) is 11.5. The number of nitrogens with zero attached hydrogens (tertiary/aromatic N) is 2. The van der Waals surface area contributed by atoms with Gasteiger partial charge in [0, 0.05) is 16.4 Å². The molecule has 1 rings (SSSR count). The number of nitriles is 1. The number of rotatable bonds is 3. The SMILES string of the molecule is CC(N)(C#N)CSc1ccc(Br)cn1. The second-order valence-electron chi connectivity index (χ2n) is 3.13. The number of nitrogens with two attached hydrogens (primary N) is 1. The molecule has 3 nitrogen and oxygen atoms in total. The van der Waals surface area contributed by atoms with Gasteiger partial charge >= 0.3 is 0 Å². The van der Waals surface area contributed by atoms with Crippen molar-refractivity contribution in [3.05, 3.63) is 22.8 Å². The minimum absolute atomic E-state index is 0.540. The van der Waals surface area contributed by atoms with Crippen LogP contribution in [0.4, 0.5) is 0 Å². The van der Waals surface area contributed by atoms with Gasteiger partial charge in [-0.05, 0) is 35.0 Å². The Morgan fingerprint density at radius 3 is 2.93 bits per heavy atom. The average Bonchev–Trinajstić information content (AvgIpc) is 2.17. The van der Waals surface area contributed by atoms with Gasteiger partial charge in [0.15, 0.2) is 0 Å². The summed E-state index contributed by atoms with van der Waals surface area (Å²) < 4.78 is 0.942. The summed E-state index contributed by atoms with van der Waals surface area (Å²) in [4.78, 5) is 4.17. The summed E-state index contributed by atoms with van der Waals surface area (Å²) >= 11 is 4.78. The number of halogens is 1. The first-order valence-electron chi connectivity index (χ1n) is 3.98. The molecule has 0 amide bonds. The van der Waals surface area contributed by atoms with Crippen molar-refractivity contribution in [2.24, 2.45) is 5.73 Å². The van der Waals surface area contributed by atoms with Crippen molar-refractivity contribution < 1.29 is 0 Å². The van der Waals surface area contributed by atoms with Crippen LogP contribution in [0.5, 0.6) is 0 Å². The monoisotopic (exact) mass is 271 g/mol. The lowest BCUT2D eigenvalue weighted by Crippen LogP contribution is -2.36. The van der Waals surface area contributed by atoms with Crippen molar-refractivity contribution >= 4 is 27.7 Å². The van der Waals surface area contributed by atoms with Gasteiger partial charge in [-0.25, -0.2) is 4.98 Å². The fraction of sp³-hybridized carbons (Fsp3) is 0.333. The molecule has 5 heteroatoms. The Bertz CT molecular complexity index is 342. The highest BCUT2D eigenvalue weighted by Gasteiger charge is 2.17. The Balaban J connectivity index is 2.55. The van der Waals surface area contributed by atoms with Crippen LogP contribution in [0.15, 0.2) is 27.8 Å². The Hall–Kier alpha value is -0.570. The summed E-state index contributed by atoms with van der Waals surface area (Å²) in [6.45, 7) is 1.71. The summed E-state index contributed by atoms with van der Waals surface area (Å²) in [6.07, 6.45) is 1.72. The van der Waals surface area contributed by atoms with Crippen LogP contribution in [-0.4, -0.2) is 16.3 Å². The van der Waals surface area contributed by atoms with Gasteiger partial charge in [-0.15, -0.1) is 11.8 Å². The van der Waals surface area contributed by atoms with Crippen LogP contribution in [0.25, 0.3) is 0 Å². The molecule has 0 radical (unpaired) electrons. The lowest BCUT2D eigenvalue weighted by atomic mass is 10.1. The molecular weight excluding hydrogens is 262 g/mol. The Kier molecular flexibility index (Phi) is 3.93. The van der Waals surface area contributed by atoms with E-state index in [4.69, 9.17) is 11.0 Å². The second-order valence-corrected chi connectivity index (χ2v) is 5.04. The number of thioether (sulfide) groups is 1. The molecule has 0 aliphatic carbocycles. The zero-order valence-electron chi connectivity index (χ0n) is 7.70. The molecule has 14 heavy (non-hydrogen) atoms. The van der Waals surface area contributed by atoms with E-state index in [2.05, 4.69) is 20.9 Å². The number of hydrogen-bond acceptors (Lipinski definition) is 4. The molecule has 0 fully saturated rings. The molecule has 0 aromatic carbocycles. The van der Waals surface area contributed by atoms with E-state index in [1.807, 2.05) is 18.2 Å². The van der Waals surface area contributed by atoms with Crippen LogP contribution < -0.4 is 5.73 Å². The molecule has 0 saturated carbocycles. The molecule has 0 bridgehead atoms. The van der Waals surface area contributed by atoms with E-state index < -0.39 is 5.54 Å².